The van der Waals surface area contributed by atoms with Gasteiger partial charge >= 0.3 is 5.97 Å². The van der Waals surface area contributed by atoms with Crippen LogP contribution < -0.4 is 10.9 Å². The van der Waals surface area contributed by atoms with Crippen LogP contribution in [0.25, 0.3) is 33.4 Å². The second-order valence-corrected chi connectivity index (χ2v) is 9.95. The first kappa shape index (κ1) is 28.3. The number of fused-ring (bicyclic) bond motifs is 1. The Kier molecular flexibility index (Phi) is 8.39. The maximum atomic E-state index is 13.6. The van der Waals surface area contributed by atoms with E-state index in [-0.39, 0.29) is 30.0 Å². The molecule has 1 N–H and O–H groups in total. The Morgan fingerprint density at radius 1 is 0.923 bits per heavy atom. The van der Waals surface area contributed by atoms with E-state index in [1.54, 1.807) is 48.5 Å². The standard InChI is InChI=1S/C28H22Cl3N3O5/c1-14(35)24-26(32-15(2)36)22-13-21(17-4-6-18(29)7-5-17)25(20-9-8-19(30)12-23(20)31)33-27(22)34(28(24)38)10-11-39-16(3)37/h4-9,12-13H,10-11H2,1-3H3,(H,32,36). The molecule has 4 rings (SSSR count). The first-order valence-corrected chi connectivity index (χ1v) is 12.9. The number of carbonyl (C=O) groups is 3. The zero-order chi connectivity index (χ0) is 28.4. The van der Waals surface area contributed by atoms with Crippen LogP contribution in [0.4, 0.5) is 5.69 Å². The van der Waals surface area contributed by atoms with Crippen molar-refractivity contribution in [1.82, 2.24) is 9.55 Å². The predicted octanol–water partition coefficient (Wildman–Crippen LogP) is 6.41. The van der Waals surface area contributed by atoms with Crippen molar-refractivity contribution in [3.8, 4) is 22.4 Å². The summed E-state index contributed by atoms with van der Waals surface area (Å²) in [5, 5.41) is 4.24. The van der Waals surface area contributed by atoms with Crippen molar-refractivity contribution in [2.75, 3.05) is 11.9 Å². The van der Waals surface area contributed by atoms with Gasteiger partial charge in [0.05, 0.1) is 22.9 Å². The second-order valence-electron chi connectivity index (χ2n) is 8.67. The first-order valence-electron chi connectivity index (χ1n) is 11.7. The van der Waals surface area contributed by atoms with E-state index in [1.807, 2.05) is 0 Å². The van der Waals surface area contributed by atoms with Crippen LogP contribution in [0.15, 0.2) is 53.3 Å². The van der Waals surface area contributed by atoms with E-state index < -0.39 is 23.2 Å². The number of hydrogen-bond acceptors (Lipinski definition) is 6. The van der Waals surface area contributed by atoms with Crippen molar-refractivity contribution in [2.45, 2.75) is 27.3 Å². The lowest BCUT2D eigenvalue weighted by Gasteiger charge is -2.20. The van der Waals surface area contributed by atoms with Crippen molar-refractivity contribution in [1.29, 1.82) is 0 Å². The number of esters is 1. The summed E-state index contributed by atoms with van der Waals surface area (Å²) >= 11 is 18.9. The number of hydrogen-bond donors (Lipinski definition) is 1. The molecule has 0 saturated carbocycles. The average molecular weight is 587 g/mol. The molecule has 39 heavy (non-hydrogen) atoms. The van der Waals surface area contributed by atoms with Gasteiger partial charge < -0.3 is 10.1 Å². The van der Waals surface area contributed by atoms with Crippen LogP contribution in [0.5, 0.6) is 0 Å². The highest BCUT2D eigenvalue weighted by Crippen LogP contribution is 2.39. The summed E-state index contributed by atoms with van der Waals surface area (Å²) in [5.41, 5.74) is 1.53. The number of nitrogens with zero attached hydrogens (tertiary/aromatic N) is 2. The fraction of sp³-hybridized carbons (Fsp3) is 0.179. The van der Waals surface area contributed by atoms with Gasteiger partial charge in [0, 0.05) is 40.4 Å². The van der Waals surface area contributed by atoms with Crippen LogP contribution in [0.3, 0.4) is 0 Å². The predicted molar refractivity (Wildman–Crippen MR) is 153 cm³/mol. The third-order valence-electron chi connectivity index (χ3n) is 5.85. The Bertz CT molecular complexity index is 1700. The zero-order valence-electron chi connectivity index (χ0n) is 21.1. The van der Waals surface area contributed by atoms with Crippen molar-refractivity contribution in [3.63, 3.8) is 0 Å². The van der Waals surface area contributed by atoms with Crippen LogP contribution in [0, 0.1) is 0 Å². The van der Waals surface area contributed by atoms with E-state index in [1.165, 1.54) is 25.3 Å². The van der Waals surface area contributed by atoms with Gasteiger partial charge in [-0.2, -0.15) is 0 Å². The van der Waals surface area contributed by atoms with Gasteiger partial charge in [0.1, 0.15) is 17.8 Å². The summed E-state index contributed by atoms with van der Waals surface area (Å²) in [6, 6.07) is 13.7. The number of ether oxygens (including phenoxy) is 1. The maximum Gasteiger partial charge on any atom is 0.302 e. The van der Waals surface area contributed by atoms with Gasteiger partial charge in [-0.15, -0.1) is 0 Å². The smallest absolute Gasteiger partial charge is 0.302 e. The number of anilines is 1. The topological polar surface area (TPSA) is 107 Å². The van der Waals surface area contributed by atoms with Gasteiger partial charge in [0.2, 0.25) is 5.91 Å². The lowest BCUT2D eigenvalue weighted by atomic mass is 9.96. The largest absolute Gasteiger partial charge is 0.464 e. The SMILES string of the molecule is CC(=O)Nc1c(C(C)=O)c(=O)n(CCOC(C)=O)c2nc(-c3ccc(Cl)cc3Cl)c(-c3ccc(Cl)cc3)cc12. The molecule has 0 unspecified atom stereocenters. The quantitative estimate of drug-likeness (QED) is 0.198. The van der Waals surface area contributed by atoms with E-state index in [9.17, 15) is 19.2 Å². The molecule has 2 heterocycles. The number of amides is 1. The van der Waals surface area contributed by atoms with Crippen LogP contribution in [0.2, 0.25) is 15.1 Å². The molecule has 2 aromatic heterocycles. The van der Waals surface area contributed by atoms with Gasteiger partial charge in [-0.3, -0.25) is 23.7 Å². The Labute approximate surface area is 238 Å². The zero-order valence-corrected chi connectivity index (χ0v) is 23.4. The Morgan fingerprint density at radius 2 is 1.59 bits per heavy atom. The molecular formula is C28H22Cl3N3O5. The number of ketones is 1. The molecule has 0 aliphatic carbocycles. The molecule has 200 valence electrons. The van der Waals surface area contributed by atoms with E-state index in [0.717, 1.165) is 0 Å². The minimum absolute atomic E-state index is 0.0372. The van der Waals surface area contributed by atoms with Gasteiger partial charge in [-0.25, -0.2) is 4.98 Å². The monoisotopic (exact) mass is 585 g/mol. The number of Topliss-reactive ketones (excluding diaryl/α,β-unsaturated/α-hetero) is 1. The number of aromatic nitrogens is 2. The number of pyridine rings is 2. The Balaban J connectivity index is 2.17. The minimum atomic E-state index is -0.689. The number of benzene rings is 2. The van der Waals surface area contributed by atoms with Crippen LogP contribution in [0.1, 0.15) is 31.1 Å². The fourth-order valence-electron chi connectivity index (χ4n) is 4.22. The normalized spacial score (nSPS) is 10.9. The highest BCUT2D eigenvalue weighted by atomic mass is 35.5. The van der Waals surface area contributed by atoms with Gasteiger partial charge in [0.15, 0.2) is 5.78 Å². The number of rotatable bonds is 7. The van der Waals surface area contributed by atoms with E-state index >= 15 is 0 Å². The summed E-state index contributed by atoms with van der Waals surface area (Å²) in [4.78, 5) is 54.7. The van der Waals surface area contributed by atoms with Crippen molar-refractivity contribution >= 4 is 69.2 Å². The van der Waals surface area contributed by atoms with Crippen molar-refractivity contribution in [2.24, 2.45) is 0 Å². The summed E-state index contributed by atoms with van der Waals surface area (Å²) < 4.78 is 6.32. The molecule has 8 nitrogen and oxygen atoms in total. The van der Waals surface area contributed by atoms with Gasteiger partial charge in [0.25, 0.3) is 5.56 Å². The fourth-order valence-corrected chi connectivity index (χ4v) is 4.85. The van der Waals surface area contributed by atoms with Crippen molar-refractivity contribution in [3.05, 3.63) is 79.5 Å². The highest BCUT2D eigenvalue weighted by Gasteiger charge is 2.25. The molecule has 0 radical (unpaired) electrons. The number of halogens is 3. The molecule has 0 fully saturated rings. The van der Waals surface area contributed by atoms with Gasteiger partial charge in [-0.05, 0) is 48.9 Å². The lowest BCUT2D eigenvalue weighted by molar-refractivity contribution is -0.141. The number of nitrogens with one attached hydrogen (secondary N) is 1. The van der Waals surface area contributed by atoms with Crippen molar-refractivity contribution < 1.29 is 19.1 Å². The molecule has 1 amide bonds. The molecule has 4 aromatic rings. The molecule has 0 bridgehead atoms. The molecular weight excluding hydrogens is 565 g/mol. The average Bonchev–Trinajstić information content (AvgIpc) is 2.85. The lowest BCUT2D eigenvalue weighted by Crippen LogP contribution is -2.30. The summed E-state index contributed by atoms with van der Waals surface area (Å²) in [6.07, 6.45) is 0. The molecule has 0 aliphatic heterocycles. The highest BCUT2D eigenvalue weighted by molar-refractivity contribution is 6.36. The minimum Gasteiger partial charge on any atom is -0.464 e. The van der Waals surface area contributed by atoms with Crippen LogP contribution >= 0.6 is 34.8 Å². The van der Waals surface area contributed by atoms with E-state index in [2.05, 4.69) is 5.32 Å². The Morgan fingerprint density at radius 3 is 2.18 bits per heavy atom. The van der Waals surface area contributed by atoms with Crippen LogP contribution in [-0.4, -0.2) is 33.8 Å². The van der Waals surface area contributed by atoms with Gasteiger partial charge in [-0.1, -0.05) is 46.9 Å². The summed E-state index contributed by atoms with van der Waals surface area (Å²) in [5.74, 6) is -1.56. The summed E-state index contributed by atoms with van der Waals surface area (Å²) in [6.45, 7) is 3.53. The van der Waals surface area contributed by atoms with E-state index in [4.69, 9.17) is 44.5 Å². The third kappa shape index (κ3) is 5.98. The molecule has 0 atom stereocenters. The molecule has 2 aromatic carbocycles. The third-order valence-corrected chi connectivity index (χ3v) is 6.65. The first-order chi connectivity index (χ1) is 18.5. The summed E-state index contributed by atoms with van der Waals surface area (Å²) in [7, 11) is 0. The van der Waals surface area contributed by atoms with E-state index in [0.29, 0.717) is 42.8 Å². The maximum absolute atomic E-state index is 13.6. The molecule has 0 aliphatic rings. The van der Waals surface area contributed by atoms with Crippen LogP contribution in [-0.2, 0) is 20.9 Å². The molecule has 0 spiro atoms. The molecule has 11 heteroatoms. The molecule has 0 saturated heterocycles. The second kappa shape index (κ2) is 11.6. The number of carbonyl (C=O) groups excluding carboxylic acids is 3. The Hall–Kier alpha value is -3.72.